The summed E-state index contributed by atoms with van der Waals surface area (Å²) in [7, 11) is -2.88. The van der Waals surface area contributed by atoms with Gasteiger partial charge in [-0.3, -0.25) is 4.79 Å². The first-order valence-electron chi connectivity index (χ1n) is 11.0. The monoisotopic (exact) mass is 457 g/mol. The number of esters is 1. The van der Waals surface area contributed by atoms with Crippen molar-refractivity contribution >= 4 is 14.5 Å². The van der Waals surface area contributed by atoms with Crippen LogP contribution in [0.15, 0.2) is 5.11 Å². The quantitative estimate of drug-likeness (QED) is 0.221. The second-order valence-corrected chi connectivity index (χ2v) is 15.9. The van der Waals surface area contributed by atoms with Gasteiger partial charge in [-0.05, 0) is 32.7 Å². The highest BCUT2D eigenvalue weighted by molar-refractivity contribution is 6.73. The molecule has 2 fully saturated rings. The molecular formula is C21H39N3O6Si. The van der Waals surface area contributed by atoms with Crippen molar-refractivity contribution in [2.75, 3.05) is 13.2 Å². The van der Waals surface area contributed by atoms with E-state index < -0.39 is 50.4 Å². The second-order valence-electron chi connectivity index (χ2n) is 11.1. The molecule has 0 aromatic heterocycles. The second kappa shape index (κ2) is 9.00. The summed E-state index contributed by atoms with van der Waals surface area (Å²) in [6.07, 6.45) is -2.87. The van der Waals surface area contributed by atoms with E-state index in [0.29, 0.717) is 0 Å². The van der Waals surface area contributed by atoms with Gasteiger partial charge < -0.3 is 23.4 Å². The van der Waals surface area contributed by atoms with Crippen molar-refractivity contribution in [3.63, 3.8) is 0 Å². The molecule has 0 bridgehead atoms. The van der Waals surface area contributed by atoms with Gasteiger partial charge >= 0.3 is 14.5 Å². The Labute approximate surface area is 186 Å². The zero-order valence-electron chi connectivity index (χ0n) is 20.3. The molecule has 9 nitrogen and oxygen atoms in total. The van der Waals surface area contributed by atoms with Gasteiger partial charge in [0.2, 0.25) is 0 Å². The summed E-state index contributed by atoms with van der Waals surface area (Å²) in [5.41, 5.74) is 8.12. The number of hydrogen-bond donors (Lipinski definition) is 1. The summed E-state index contributed by atoms with van der Waals surface area (Å²) in [6.45, 7) is 18.3. The third-order valence-corrected chi connectivity index (χ3v) is 11.6. The molecule has 0 spiro atoms. The van der Waals surface area contributed by atoms with E-state index in [9.17, 15) is 9.90 Å². The molecular weight excluding hydrogens is 418 g/mol. The van der Waals surface area contributed by atoms with Crippen LogP contribution in [0.5, 0.6) is 0 Å². The van der Waals surface area contributed by atoms with Crippen molar-refractivity contribution in [2.24, 2.45) is 10.5 Å². The van der Waals surface area contributed by atoms with Gasteiger partial charge in [0.1, 0.15) is 12.2 Å². The standard InChI is InChI=1S/C21H39N3O6Si/c1-10-27-18(26)21(8,9)15-11-13(23-24-22)16(25)17-14(29-15)12-28-31(30-17,19(2,3)4)20(5,6)7/h13-17,25H,10-12H2,1-9H3/t13-,14-,15+,16+,17+/m1/s1. The fraction of sp³-hybridized carbons (Fsp3) is 0.952. The molecule has 2 heterocycles. The van der Waals surface area contributed by atoms with Gasteiger partial charge in [-0.15, -0.1) is 0 Å². The van der Waals surface area contributed by atoms with Crippen molar-refractivity contribution in [2.45, 2.75) is 109 Å². The SMILES string of the molecule is CCOC(=O)C(C)(C)[C@@H]1C[C@@H](N=[N+]=[N-])[C@H](O)[C@H]2O[Si](C(C)(C)C)(C(C)(C)C)OC[C@H]2O1. The number of carbonyl (C=O) groups excluding carboxylic acids is 1. The van der Waals surface area contributed by atoms with E-state index in [1.54, 1.807) is 20.8 Å². The van der Waals surface area contributed by atoms with Gasteiger partial charge in [0.25, 0.3) is 0 Å². The Morgan fingerprint density at radius 3 is 2.26 bits per heavy atom. The summed E-state index contributed by atoms with van der Waals surface area (Å²) in [6, 6.07) is -0.802. The highest BCUT2D eigenvalue weighted by atomic mass is 28.4. The van der Waals surface area contributed by atoms with Crippen LogP contribution in [0.2, 0.25) is 10.1 Å². The normalized spacial score (nSPS) is 31.7. The number of aliphatic hydroxyl groups excluding tert-OH is 1. The first-order chi connectivity index (χ1) is 14.1. The summed E-state index contributed by atoms with van der Waals surface area (Å²) in [4.78, 5) is 15.6. The summed E-state index contributed by atoms with van der Waals surface area (Å²) >= 11 is 0. The van der Waals surface area contributed by atoms with E-state index in [1.165, 1.54) is 0 Å². The van der Waals surface area contributed by atoms with Crippen molar-refractivity contribution in [1.29, 1.82) is 0 Å². The Morgan fingerprint density at radius 2 is 1.77 bits per heavy atom. The van der Waals surface area contributed by atoms with Crippen molar-refractivity contribution in [3.05, 3.63) is 10.4 Å². The van der Waals surface area contributed by atoms with Crippen LogP contribution in [0.25, 0.3) is 10.4 Å². The Balaban J connectivity index is 2.48. The average Bonchev–Trinajstić information content (AvgIpc) is 2.77. The third-order valence-electron chi connectivity index (χ3n) is 6.43. The minimum absolute atomic E-state index is 0.174. The molecule has 0 amide bonds. The Bertz CT molecular complexity index is 697. The molecule has 2 aliphatic rings. The summed E-state index contributed by atoms with van der Waals surface area (Å²) in [5, 5.41) is 14.5. The van der Waals surface area contributed by atoms with Gasteiger partial charge in [0.05, 0.1) is 36.9 Å². The van der Waals surface area contributed by atoms with Crippen LogP contribution in [0.4, 0.5) is 0 Å². The maximum absolute atomic E-state index is 12.6. The number of nitrogens with zero attached hydrogens (tertiary/aromatic N) is 3. The highest BCUT2D eigenvalue weighted by Gasteiger charge is 2.64. The predicted molar refractivity (Wildman–Crippen MR) is 119 cm³/mol. The smallest absolute Gasteiger partial charge is 0.349 e. The van der Waals surface area contributed by atoms with Crippen LogP contribution in [-0.2, 0) is 23.1 Å². The van der Waals surface area contributed by atoms with E-state index in [1.807, 2.05) is 0 Å². The number of aliphatic hydroxyl groups is 1. The number of rotatable bonds is 4. The van der Waals surface area contributed by atoms with Crippen LogP contribution in [-0.4, -0.2) is 63.3 Å². The molecule has 178 valence electrons. The zero-order chi connectivity index (χ0) is 23.8. The highest BCUT2D eigenvalue weighted by Crippen LogP contribution is 2.55. The summed E-state index contributed by atoms with van der Waals surface area (Å²) in [5.74, 6) is -0.404. The van der Waals surface area contributed by atoms with Crippen LogP contribution < -0.4 is 0 Å². The number of carbonyl (C=O) groups is 1. The van der Waals surface area contributed by atoms with Gasteiger partial charge in [-0.2, -0.15) is 0 Å². The van der Waals surface area contributed by atoms with E-state index >= 15 is 0 Å². The zero-order valence-corrected chi connectivity index (χ0v) is 21.3. The maximum atomic E-state index is 12.6. The van der Waals surface area contributed by atoms with Crippen LogP contribution in [0, 0.1) is 5.41 Å². The lowest BCUT2D eigenvalue weighted by Gasteiger charge is -2.55. The van der Waals surface area contributed by atoms with Crippen LogP contribution in [0.3, 0.4) is 0 Å². The third kappa shape index (κ3) is 4.79. The number of hydrogen-bond acceptors (Lipinski definition) is 7. The predicted octanol–water partition coefficient (Wildman–Crippen LogP) is 4.23. The summed E-state index contributed by atoms with van der Waals surface area (Å²) < 4.78 is 24.8. The molecule has 0 saturated carbocycles. The van der Waals surface area contributed by atoms with Crippen molar-refractivity contribution < 1.29 is 28.2 Å². The fourth-order valence-corrected chi connectivity index (χ4v) is 9.82. The lowest BCUT2D eigenvalue weighted by molar-refractivity contribution is -0.181. The van der Waals surface area contributed by atoms with Gasteiger partial charge in [0, 0.05) is 15.0 Å². The van der Waals surface area contributed by atoms with Gasteiger partial charge in [0.15, 0.2) is 0 Å². The topological polar surface area (TPSA) is 123 Å². The molecule has 5 atom stereocenters. The first-order valence-corrected chi connectivity index (χ1v) is 12.8. The lowest BCUT2D eigenvalue weighted by atomic mass is 9.82. The molecule has 0 aromatic rings. The van der Waals surface area contributed by atoms with Crippen molar-refractivity contribution in [3.8, 4) is 0 Å². The Kier molecular flexibility index (Phi) is 7.57. The van der Waals surface area contributed by atoms with E-state index in [0.717, 1.165) is 0 Å². The Morgan fingerprint density at radius 1 is 1.19 bits per heavy atom. The van der Waals surface area contributed by atoms with Crippen molar-refractivity contribution in [1.82, 2.24) is 0 Å². The Hall–Kier alpha value is -1.16. The molecule has 31 heavy (non-hydrogen) atoms. The maximum Gasteiger partial charge on any atom is 0.349 e. The largest absolute Gasteiger partial charge is 0.466 e. The van der Waals surface area contributed by atoms with E-state index in [-0.39, 0.29) is 29.7 Å². The van der Waals surface area contributed by atoms with Crippen LogP contribution >= 0.6 is 0 Å². The molecule has 0 aromatic carbocycles. The average molecular weight is 458 g/mol. The number of ether oxygens (including phenoxy) is 2. The number of fused-ring (bicyclic) bond motifs is 1. The molecule has 2 aliphatic heterocycles. The van der Waals surface area contributed by atoms with Gasteiger partial charge in [-0.1, -0.05) is 46.7 Å². The van der Waals surface area contributed by atoms with E-state index in [2.05, 4.69) is 51.6 Å². The fourth-order valence-electron chi connectivity index (χ4n) is 4.85. The minimum atomic E-state index is -2.88. The van der Waals surface area contributed by atoms with E-state index in [4.69, 9.17) is 23.9 Å². The van der Waals surface area contributed by atoms with Gasteiger partial charge in [-0.25, -0.2) is 0 Å². The minimum Gasteiger partial charge on any atom is -0.466 e. The lowest BCUT2D eigenvalue weighted by Crippen LogP contribution is -2.67. The molecule has 0 unspecified atom stereocenters. The molecule has 10 heteroatoms. The first kappa shape index (κ1) is 26.1. The molecule has 0 radical (unpaired) electrons. The molecule has 0 aliphatic carbocycles. The molecule has 2 rings (SSSR count). The number of azide groups is 1. The molecule has 1 N–H and O–H groups in total. The van der Waals surface area contributed by atoms with Crippen LogP contribution in [0.1, 0.15) is 68.7 Å². The molecule has 2 saturated heterocycles.